The second kappa shape index (κ2) is 18.3. The first kappa shape index (κ1) is 42.5. The molecular weight excluding hydrogens is 662 g/mol. The zero-order valence-corrected chi connectivity index (χ0v) is 32.1. The van der Waals surface area contributed by atoms with Crippen molar-refractivity contribution in [1.29, 1.82) is 0 Å². The molecule has 4 heterocycles. The number of aromatic nitrogens is 8. The Labute approximate surface area is 321 Å². The Kier molecular flexibility index (Phi) is 15.9. The standard InChI is InChI=1S/2C8H10N4O2.C7H6O3.C7H6O2.2Na/c2*1-10-4-9-6-5(10)7(13)12(3)8(14)11(6)2;8-6-4-2-1-3-5(6)7(9)10;8-7(9)6-4-2-1-3-5-6;;/h2*4H,1-3H3;1-4,8H,(H,9,10);1-5H,(H,8,9);;/q;;;;2*+1/p-2. The van der Waals surface area contributed by atoms with Crippen LogP contribution in [0.1, 0.15) is 20.7 Å². The molecule has 246 valence electrons. The van der Waals surface area contributed by atoms with E-state index in [-0.39, 0.29) is 98.5 Å². The average Bonchev–Trinajstić information content (AvgIpc) is 3.64. The summed E-state index contributed by atoms with van der Waals surface area (Å²) in [4.78, 5) is 74.5. The third-order valence-corrected chi connectivity index (χ3v) is 6.77. The Hall–Kier alpha value is -4.52. The van der Waals surface area contributed by atoms with Crippen LogP contribution in [0.2, 0.25) is 0 Å². The summed E-state index contributed by atoms with van der Waals surface area (Å²) < 4.78 is 8.08. The molecule has 6 rings (SSSR count). The van der Waals surface area contributed by atoms with Crippen molar-refractivity contribution in [3.8, 4) is 5.75 Å². The number of para-hydroxylation sites is 1. The minimum absolute atomic E-state index is 0. The van der Waals surface area contributed by atoms with Crippen LogP contribution in [-0.4, -0.2) is 54.4 Å². The number of carboxylic acids is 2. The molecule has 0 saturated heterocycles. The van der Waals surface area contributed by atoms with E-state index in [2.05, 4.69) is 9.97 Å². The maximum absolute atomic E-state index is 11.7. The van der Waals surface area contributed by atoms with Gasteiger partial charge in [-0.2, -0.15) is 0 Å². The van der Waals surface area contributed by atoms with Gasteiger partial charge in [-0.15, -0.1) is 0 Å². The van der Waals surface area contributed by atoms with Gasteiger partial charge < -0.3 is 34.0 Å². The van der Waals surface area contributed by atoms with Crippen molar-refractivity contribution in [1.82, 2.24) is 37.4 Å². The predicted molar refractivity (Wildman–Crippen MR) is 166 cm³/mol. The molecule has 4 aromatic heterocycles. The van der Waals surface area contributed by atoms with Crippen LogP contribution in [-0.2, 0) is 42.3 Å². The fourth-order valence-electron chi connectivity index (χ4n) is 4.16. The number of rotatable bonds is 2. The van der Waals surface area contributed by atoms with Gasteiger partial charge in [0, 0.05) is 47.8 Å². The first-order chi connectivity index (χ1) is 22.1. The van der Waals surface area contributed by atoms with Gasteiger partial charge in [-0.3, -0.25) is 27.9 Å². The van der Waals surface area contributed by atoms with Gasteiger partial charge in [0.1, 0.15) is 5.75 Å². The monoisotopic (exact) mass is 692 g/mol. The normalized spacial score (nSPS) is 9.84. The van der Waals surface area contributed by atoms with E-state index < -0.39 is 11.9 Å². The number of aryl methyl sites for hydroxylation is 4. The Bertz CT molecular complexity index is 2220. The molecule has 0 aliphatic carbocycles. The molecule has 0 aliphatic rings. The molecule has 19 heteroatoms. The van der Waals surface area contributed by atoms with Gasteiger partial charge in [-0.05, 0) is 17.7 Å². The van der Waals surface area contributed by atoms with Crippen molar-refractivity contribution >= 4 is 34.3 Å². The molecular formula is C30H30N8Na2O9. The number of phenols is 1. The summed E-state index contributed by atoms with van der Waals surface area (Å²) in [5.41, 5.74) is 0.402. The zero-order chi connectivity index (χ0) is 35.2. The summed E-state index contributed by atoms with van der Waals surface area (Å²) in [7, 11) is 9.55. The molecule has 0 unspecified atom stereocenters. The van der Waals surface area contributed by atoms with E-state index in [4.69, 9.17) is 5.11 Å². The smallest absolute Gasteiger partial charge is 0.545 e. The number of imidazole rings is 2. The first-order valence-electron chi connectivity index (χ1n) is 13.5. The number of carbonyl (C=O) groups excluding carboxylic acids is 2. The third-order valence-electron chi connectivity index (χ3n) is 6.77. The van der Waals surface area contributed by atoms with Crippen LogP contribution < -0.4 is 91.8 Å². The largest absolute Gasteiger partial charge is 1.00 e. The van der Waals surface area contributed by atoms with Gasteiger partial charge in [0.25, 0.3) is 11.1 Å². The quantitative estimate of drug-likeness (QED) is 0.168. The Morgan fingerprint density at radius 2 is 0.980 bits per heavy atom. The molecule has 2 aromatic carbocycles. The molecule has 0 aliphatic heterocycles. The number of benzene rings is 2. The number of aromatic hydroxyl groups is 1. The van der Waals surface area contributed by atoms with Crippen molar-refractivity contribution in [3.05, 3.63) is 120 Å². The number of nitrogens with zero attached hydrogens (tertiary/aromatic N) is 8. The predicted octanol–water partition coefficient (Wildman–Crippen LogP) is -8.24. The summed E-state index contributed by atoms with van der Waals surface area (Å²) in [5, 5.41) is 29.1. The second-order valence-electron chi connectivity index (χ2n) is 9.92. The number of aromatic carboxylic acids is 2. The van der Waals surface area contributed by atoms with E-state index >= 15 is 0 Å². The first-order valence-corrected chi connectivity index (χ1v) is 13.5. The van der Waals surface area contributed by atoms with Gasteiger partial charge in [0.2, 0.25) is 0 Å². The van der Waals surface area contributed by atoms with E-state index in [0.29, 0.717) is 22.3 Å². The summed E-state index contributed by atoms with van der Waals surface area (Å²) in [6.45, 7) is 0. The van der Waals surface area contributed by atoms with E-state index in [0.717, 1.165) is 9.13 Å². The van der Waals surface area contributed by atoms with Gasteiger partial charge in [-0.1, -0.05) is 42.5 Å². The second-order valence-corrected chi connectivity index (χ2v) is 9.92. The molecule has 0 atom stereocenters. The van der Waals surface area contributed by atoms with E-state index in [1.54, 1.807) is 61.6 Å². The Morgan fingerprint density at radius 3 is 1.31 bits per heavy atom. The summed E-state index contributed by atoms with van der Waals surface area (Å²) in [6.07, 6.45) is 3.04. The molecule has 6 aromatic rings. The fourth-order valence-corrected chi connectivity index (χ4v) is 4.16. The summed E-state index contributed by atoms with van der Waals surface area (Å²) >= 11 is 0. The van der Waals surface area contributed by atoms with Gasteiger partial charge >= 0.3 is 70.5 Å². The Balaban J connectivity index is 0.000000328. The molecule has 0 radical (unpaired) electrons. The van der Waals surface area contributed by atoms with Crippen LogP contribution >= 0.6 is 0 Å². The van der Waals surface area contributed by atoms with E-state index in [1.165, 1.54) is 66.2 Å². The topological polar surface area (TPSA) is 224 Å². The molecule has 17 nitrogen and oxygen atoms in total. The number of hydrogen-bond acceptors (Lipinski definition) is 11. The summed E-state index contributed by atoms with van der Waals surface area (Å²) in [6, 6.07) is 13.7. The van der Waals surface area contributed by atoms with Crippen molar-refractivity contribution in [2.75, 3.05) is 0 Å². The molecule has 0 saturated carbocycles. The van der Waals surface area contributed by atoms with Crippen LogP contribution in [0.4, 0.5) is 0 Å². The minimum Gasteiger partial charge on any atom is -0.545 e. The molecule has 1 N–H and O–H groups in total. The molecule has 0 bridgehead atoms. The number of carbonyl (C=O) groups is 2. The van der Waals surface area contributed by atoms with Gasteiger partial charge in [-0.25, -0.2) is 19.6 Å². The van der Waals surface area contributed by atoms with Crippen LogP contribution in [0.5, 0.6) is 5.75 Å². The minimum atomic E-state index is -1.36. The van der Waals surface area contributed by atoms with Crippen molar-refractivity contribution in [2.45, 2.75) is 0 Å². The molecule has 0 amide bonds. The Morgan fingerprint density at radius 1 is 0.592 bits per heavy atom. The third kappa shape index (κ3) is 9.56. The van der Waals surface area contributed by atoms with E-state index in [1.807, 2.05) is 0 Å². The van der Waals surface area contributed by atoms with Crippen molar-refractivity contribution < 1.29 is 84.0 Å². The van der Waals surface area contributed by atoms with Crippen molar-refractivity contribution in [2.24, 2.45) is 42.3 Å². The van der Waals surface area contributed by atoms with Crippen LogP contribution in [0, 0.1) is 0 Å². The number of fused-ring (bicyclic) bond motifs is 2. The SMILES string of the molecule is Cn1c(=O)c2c(ncn2C)n(C)c1=O.Cn1c(=O)c2c(ncn2C)n(C)c1=O.O=C([O-])c1ccccc1.O=C([O-])c1ccccc1O.[Na+].[Na+]. The molecule has 0 spiro atoms. The van der Waals surface area contributed by atoms with Crippen LogP contribution in [0.3, 0.4) is 0 Å². The van der Waals surface area contributed by atoms with Crippen LogP contribution in [0.15, 0.2) is 86.4 Å². The fraction of sp³-hybridized carbons (Fsp3) is 0.200. The van der Waals surface area contributed by atoms with Gasteiger partial charge in [0.05, 0.1) is 24.6 Å². The summed E-state index contributed by atoms with van der Waals surface area (Å²) in [5.74, 6) is -2.75. The maximum atomic E-state index is 11.7. The molecule has 0 fully saturated rings. The van der Waals surface area contributed by atoms with Gasteiger partial charge in [0.15, 0.2) is 22.3 Å². The van der Waals surface area contributed by atoms with Crippen molar-refractivity contribution in [3.63, 3.8) is 0 Å². The average molecular weight is 693 g/mol. The maximum Gasteiger partial charge on any atom is 1.00 e. The number of hydrogen-bond donors (Lipinski definition) is 1. The van der Waals surface area contributed by atoms with E-state index in [9.17, 15) is 39.0 Å². The zero-order valence-electron chi connectivity index (χ0n) is 28.1. The molecule has 49 heavy (non-hydrogen) atoms. The van der Waals surface area contributed by atoms with Crippen LogP contribution in [0.25, 0.3) is 22.3 Å². The number of carboxylic acid groups (broad SMARTS) is 2.